The van der Waals surface area contributed by atoms with Gasteiger partial charge in [-0.1, -0.05) is 57.6 Å². The molecule has 0 spiro atoms. The third-order valence-electron chi connectivity index (χ3n) is 2.76. The molecule has 16 heavy (non-hydrogen) atoms. The third kappa shape index (κ3) is 4.56. The number of rotatable bonds is 8. The molecule has 0 radical (unpaired) electrons. The molecule has 0 saturated heterocycles. The Balaban J connectivity index is 2.30. The lowest BCUT2D eigenvalue weighted by molar-refractivity contribution is 0.529. The Morgan fingerprint density at radius 2 is 1.88 bits per heavy atom. The second-order valence-corrected chi connectivity index (χ2v) is 4.73. The van der Waals surface area contributed by atoms with Crippen molar-refractivity contribution in [3.63, 3.8) is 0 Å². The monoisotopic (exact) mass is 242 g/mol. The summed E-state index contributed by atoms with van der Waals surface area (Å²) < 4.78 is 1.94. The summed E-state index contributed by atoms with van der Waals surface area (Å²) in [5.74, 6) is 0. The first-order chi connectivity index (χ1) is 7.77. The van der Waals surface area contributed by atoms with Crippen molar-refractivity contribution < 1.29 is 0 Å². The smallest absolute Gasteiger partial charge is 0.127 e. The number of hydrogen-bond acceptors (Lipinski definition) is 1. The van der Waals surface area contributed by atoms with Crippen molar-refractivity contribution in [1.82, 2.24) is 9.78 Å². The van der Waals surface area contributed by atoms with Crippen molar-refractivity contribution in [1.29, 1.82) is 0 Å². The second-order valence-electron chi connectivity index (χ2n) is 4.35. The predicted molar refractivity (Wildman–Crippen MR) is 70.0 cm³/mol. The highest BCUT2D eigenvalue weighted by Crippen LogP contribution is 2.14. The lowest BCUT2D eigenvalue weighted by Gasteiger charge is -2.02. The van der Waals surface area contributed by atoms with Crippen molar-refractivity contribution in [3.8, 4) is 0 Å². The van der Waals surface area contributed by atoms with E-state index in [2.05, 4.69) is 18.9 Å². The van der Waals surface area contributed by atoms with Gasteiger partial charge in [-0.2, -0.15) is 5.10 Å². The minimum absolute atomic E-state index is 0.791. The molecular formula is C13H23ClN2. The molecule has 1 aromatic heterocycles. The Labute approximate surface area is 104 Å². The number of nitrogens with zero attached hydrogens (tertiary/aromatic N) is 2. The quantitative estimate of drug-likeness (QED) is 0.616. The fourth-order valence-corrected chi connectivity index (χ4v) is 2.09. The van der Waals surface area contributed by atoms with Crippen LogP contribution in [0.15, 0.2) is 6.07 Å². The van der Waals surface area contributed by atoms with Gasteiger partial charge in [0.1, 0.15) is 5.15 Å². The molecule has 0 N–H and O–H groups in total. The molecule has 0 amide bonds. The summed E-state index contributed by atoms with van der Waals surface area (Å²) in [5, 5.41) is 5.29. The summed E-state index contributed by atoms with van der Waals surface area (Å²) >= 11 is 6.12. The Bertz CT molecular complexity index is 294. The Kier molecular flexibility index (Phi) is 6.55. The minimum atomic E-state index is 0.791. The van der Waals surface area contributed by atoms with Crippen LogP contribution in [0.25, 0.3) is 0 Å². The van der Waals surface area contributed by atoms with Gasteiger partial charge < -0.3 is 0 Å². The summed E-state index contributed by atoms with van der Waals surface area (Å²) in [7, 11) is 0. The molecular weight excluding hydrogens is 220 g/mol. The molecule has 0 atom stereocenters. The average Bonchev–Trinajstić information content (AvgIpc) is 2.60. The van der Waals surface area contributed by atoms with Crippen molar-refractivity contribution in [2.45, 2.75) is 65.3 Å². The van der Waals surface area contributed by atoms with Crippen molar-refractivity contribution in [2.24, 2.45) is 0 Å². The summed E-state index contributed by atoms with van der Waals surface area (Å²) in [4.78, 5) is 0. The third-order valence-corrected chi connectivity index (χ3v) is 3.07. The van der Waals surface area contributed by atoms with E-state index in [1.165, 1.54) is 32.1 Å². The van der Waals surface area contributed by atoms with Crippen molar-refractivity contribution >= 4 is 11.6 Å². The zero-order valence-electron chi connectivity index (χ0n) is 10.5. The lowest BCUT2D eigenvalue weighted by Crippen LogP contribution is -2.01. The van der Waals surface area contributed by atoms with E-state index in [4.69, 9.17) is 11.6 Å². The minimum Gasteiger partial charge on any atom is -0.254 e. The summed E-state index contributed by atoms with van der Waals surface area (Å²) in [6, 6.07) is 2.00. The number of aromatic nitrogens is 2. The van der Waals surface area contributed by atoms with E-state index in [1.54, 1.807) is 0 Å². The topological polar surface area (TPSA) is 17.8 Å². The summed E-state index contributed by atoms with van der Waals surface area (Å²) in [6.45, 7) is 5.37. The number of aryl methyl sites for hydroxylation is 2. The van der Waals surface area contributed by atoms with E-state index in [9.17, 15) is 0 Å². The van der Waals surface area contributed by atoms with E-state index in [0.29, 0.717) is 0 Å². The largest absolute Gasteiger partial charge is 0.254 e. The van der Waals surface area contributed by atoms with Gasteiger partial charge in [-0.15, -0.1) is 0 Å². The van der Waals surface area contributed by atoms with Gasteiger partial charge in [0.2, 0.25) is 0 Å². The van der Waals surface area contributed by atoms with Crippen LogP contribution < -0.4 is 0 Å². The summed E-state index contributed by atoms with van der Waals surface area (Å²) in [6.07, 6.45) is 8.60. The SMILES string of the molecule is CCCCCCCn1nc(CCC)cc1Cl. The van der Waals surface area contributed by atoms with Crippen LogP contribution >= 0.6 is 11.6 Å². The zero-order valence-corrected chi connectivity index (χ0v) is 11.3. The number of hydrogen-bond donors (Lipinski definition) is 0. The maximum Gasteiger partial charge on any atom is 0.127 e. The summed E-state index contributed by atoms with van der Waals surface area (Å²) in [5.41, 5.74) is 1.13. The van der Waals surface area contributed by atoms with Crippen LogP contribution in [0.2, 0.25) is 5.15 Å². The molecule has 0 unspecified atom stereocenters. The highest BCUT2D eigenvalue weighted by atomic mass is 35.5. The predicted octanol–water partition coefficient (Wildman–Crippen LogP) is 4.46. The molecule has 2 nitrogen and oxygen atoms in total. The van der Waals surface area contributed by atoms with Gasteiger partial charge in [-0.05, 0) is 18.9 Å². The van der Waals surface area contributed by atoms with Crippen LogP contribution in [-0.2, 0) is 13.0 Å². The molecule has 0 saturated carbocycles. The van der Waals surface area contributed by atoms with Gasteiger partial charge in [0.25, 0.3) is 0 Å². The van der Waals surface area contributed by atoms with Crippen LogP contribution in [0.4, 0.5) is 0 Å². The fraction of sp³-hybridized carbons (Fsp3) is 0.769. The highest BCUT2D eigenvalue weighted by molar-refractivity contribution is 6.29. The van der Waals surface area contributed by atoms with E-state index in [1.807, 2.05) is 10.7 Å². The lowest BCUT2D eigenvalue weighted by atomic mass is 10.1. The fourth-order valence-electron chi connectivity index (χ4n) is 1.84. The molecule has 0 aliphatic carbocycles. The van der Waals surface area contributed by atoms with E-state index < -0.39 is 0 Å². The van der Waals surface area contributed by atoms with Crippen LogP contribution in [0.3, 0.4) is 0 Å². The van der Waals surface area contributed by atoms with E-state index in [-0.39, 0.29) is 0 Å². The van der Waals surface area contributed by atoms with Gasteiger partial charge in [0, 0.05) is 6.54 Å². The molecule has 0 fully saturated rings. The van der Waals surface area contributed by atoms with Crippen molar-refractivity contribution in [2.75, 3.05) is 0 Å². The molecule has 0 aromatic carbocycles. The average molecular weight is 243 g/mol. The van der Waals surface area contributed by atoms with Gasteiger partial charge >= 0.3 is 0 Å². The first-order valence-electron chi connectivity index (χ1n) is 6.50. The Morgan fingerprint density at radius 1 is 1.12 bits per heavy atom. The van der Waals surface area contributed by atoms with Gasteiger partial charge in [0.15, 0.2) is 0 Å². The maximum atomic E-state index is 6.12. The Morgan fingerprint density at radius 3 is 2.56 bits per heavy atom. The molecule has 0 bridgehead atoms. The number of halogens is 1. The van der Waals surface area contributed by atoms with Gasteiger partial charge in [-0.3, -0.25) is 4.68 Å². The zero-order chi connectivity index (χ0) is 11.8. The van der Waals surface area contributed by atoms with Crippen LogP contribution in [0.5, 0.6) is 0 Å². The highest BCUT2D eigenvalue weighted by Gasteiger charge is 2.04. The number of unbranched alkanes of at least 4 members (excludes halogenated alkanes) is 4. The Hall–Kier alpha value is -0.500. The van der Waals surface area contributed by atoms with Gasteiger partial charge in [-0.25, -0.2) is 0 Å². The van der Waals surface area contributed by atoms with Crippen LogP contribution in [0.1, 0.15) is 58.1 Å². The molecule has 1 rings (SSSR count). The molecule has 0 aliphatic heterocycles. The molecule has 3 heteroatoms. The molecule has 1 heterocycles. The molecule has 92 valence electrons. The normalized spacial score (nSPS) is 10.9. The molecule has 1 aromatic rings. The standard InChI is InChI=1S/C13H23ClN2/c1-3-5-6-7-8-10-16-13(14)11-12(15-16)9-4-2/h11H,3-10H2,1-2H3. The molecule has 0 aliphatic rings. The van der Waals surface area contributed by atoms with Crippen molar-refractivity contribution in [3.05, 3.63) is 16.9 Å². The maximum absolute atomic E-state index is 6.12. The second kappa shape index (κ2) is 7.72. The first-order valence-corrected chi connectivity index (χ1v) is 6.88. The van der Waals surface area contributed by atoms with Gasteiger partial charge in [0.05, 0.1) is 5.69 Å². The first kappa shape index (κ1) is 13.6. The van der Waals surface area contributed by atoms with E-state index in [0.717, 1.165) is 30.2 Å². The van der Waals surface area contributed by atoms with E-state index >= 15 is 0 Å². The van der Waals surface area contributed by atoms with Crippen LogP contribution in [0, 0.1) is 0 Å². The van der Waals surface area contributed by atoms with Crippen LogP contribution in [-0.4, -0.2) is 9.78 Å².